The number of β-amino-alcohol motifs (C(OH)–C–C–N with tert-alkyl or cyclic N) is 1. The minimum Gasteiger partial charge on any atom is -0.379 e. The van der Waals surface area contributed by atoms with Gasteiger partial charge in [-0.1, -0.05) is 5.11 Å². The van der Waals surface area contributed by atoms with Crippen LogP contribution in [-0.2, 0) is 0 Å². The van der Waals surface area contributed by atoms with Crippen LogP contribution >= 0.6 is 0 Å². The molecule has 1 saturated heterocycles. The van der Waals surface area contributed by atoms with Gasteiger partial charge in [0.15, 0.2) is 5.60 Å². The van der Waals surface area contributed by atoms with Gasteiger partial charge in [0.25, 0.3) is 0 Å². The lowest BCUT2D eigenvalue weighted by Gasteiger charge is -2.25. The molecule has 0 saturated carbocycles. The molecule has 0 aliphatic carbocycles. The van der Waals surface area contributed by atoms with Crippen molar-refractivity contribution in [2.24, 2.45) is 5.11 Å². The van der Waals surface area contributed by atoms with Crippen molar-refractivity contribution in [2.75, 3.05) is 26.2 Å². The number of aliphatic hydroxyl groups is 1. The highest BCUT2D eigenvalue weighted by Gasteiger charge is 2.56. The number of halogens is 3. The van der Waals surface area contributed by atoms with Crippen LogP contribution in [0.4, 0.5) is 13.2 Å². The molecule has 5 nitrogen and oxygen atoms in total. The maximum atomic E-state index is 12.3. The molecule has 86 valence electrons. The van der Waals surface area contributed by atoms with Crippen molar-refractivity contribution in [3.8, 4) is 0 Å². The maximum absolute atomic E-state index is 12.3. The number of hydrogen-bond donors (Lipinski definition) is 1. The fraction of sp³-hybridized carbons (Fsp3) is 1.00. The minimum absolute atomic E-state index is 0.116. The molecule has 0 aromatic rings. The highest BCUT2D eigenvalue weighted by Crippen LogP contribution is 2.37. The SMILES string of the molecule is [N-]=[N+]=NCCN1CC[C@@](O)(C(F)(F)F)C1. The van der Waals surface area contributed by atoms with Crippen LogP contribution in [0.15, 0.2) is 5.11 Å². The van der Waals surface area contributed by atoms with E-state index in [-0.39, 0.29) is 26.1 Å². The van der Waals surface area contributed by atoms with E-state index in [0.29, 0.717) is 0 Å². The van der Waals surface area contributed by atoms with E-state index in [1.807, 2.05) is 0 Å². The third kappa shape index (κ3) is 2.74. The normalized spacial score (nSPS) is 27.7. The Kier molecular flexibility index (Phi) is 3.43. The van der Waals surface area contributed by atoms with Gasteiger partial charge in [-0.2, -0.15) is 13.2 Å². The summed E-state index contributed by atoms with van der Waals surface area (Å²) in [7, 11) is 0. The average molecular weight is 224 g/mol. The first-order valence-corrected chi connectivity index (χ1v) is 4.41. The topological polar surface area (TPSA) is 72.2 Å². The molecule has 15 heavy (non-hydrogen) atoms. The fourth-order valence-electron chi connectivity index (χ4n) is 1.52. The molecule has 0 bridgehead atoms. The number of azide groups is 1. The molecule has 1 N–H and O–H groups in total. The van der Waals surface area contributed by atoms with Crippen molar-refractivity contribution in [3.63, 3.8) is 0 Å². The monoisotopic (exact) mass is 224 g/mol. The number of rotatable bonds is 3. The van der Waals surface area contributed by atoms with Crippen molar-refractivity contribution in [2.45, 2.75) is 18.2 Å². The summed E-state index contributed by atoms with van der Waals surface area (Å²) in [6, 6.07) is 0. The zero-order chi connectivity index (χ0) is 11.5. The van der Waals surface area contributed by atoms with Crippen LogP contribution < -0.4 is 0 Å². The molecule has 0 aromatic carbocycles. The summed E-state index contributed by atoms with van der Waals surface area (Å²) in [5, 5.41) is 12.5. The first-order chi connectivity index (χ1) is 6.89. The van der Waals surface area contributed by atoms with Gasteiger partial charge in [-0.25, -0.2) is 0 Å². The lowest BCUT2D eigenvalue weighted by atomic mass is 10.0. The van der Waals surface area contributed by atoms with Gasteiger partial charge in [0.1, 0.15) is 0 Å². The Hall–Kier alpha value is -0.980. The molecule has 0 unspecified atom stereocenters. The first-order valence-electron chi connectivity index (χ1n) is 4.41. The Bertz CT molecular complexity index is 276. The predicted molar refractivity (Wildman–Crippen MR) is 46.1 cm³/mol. The van der Waals surface area contributed by atoms with Gasteiger partial charge in [0.05, 0.1) is 0 Å². The molecule has 1 fully saturated rings. The highest BCUT2D eigenvalue weighted by molar-refractivity contribution is 4.95. The van der Waals surface area contributed by atoms with Gasteiger partial charge in [0.2, 0.25) is 0 Å². The lowest BCUT2D eigenvalue weighted by Crippen LogP contribution is -2.47. The van der Waals surface area contributed by atoms with Crippen LogP contribution in [-0.4, -0.2) is 48.0 Å². The zero-order valence-corrected chi connectivity index (χ0v) is 7.91. The Balaban J connectivity index is 2.48. The molecular formula is C7H11F3N4O. The molecule has 1 heterocycles. The quantitative estimate of drug-likeness (QED) is 0.445. The van der Waals surface area contributed by atoms with Gasteiger partial charge in [-0.05, 0) is 12.0 Å². The van der Waals surface area contributed by atoms with Crippen LogP contribution in [0.1, 0.15) is 6.42 Å². The van der Waals surface area contributed by atoms with E-state index in [9.17, 15) is 18.3 Å². The molecule has 0 radical (unpaired) electrons. The van der Waals surface area contributed by atoms with Gasteiger partial charge in [-0.15, -0.1) is 0 Å². The Morgan fingerprint density at radius 1 is 1.53 bits per heavy atom. The Morgan fingerprint density at radius 2 is 2.20 bits per heavy atom. The summed E-state index contributed by atoms with van der Waals surface area (Å²) < 4.78 is 37.0. The van der Waals surface area contributed by atoms with Gasteiger partial charge in [-0.3, -0.25) is 4.90 Å². The first kappa shape index (κ1) is 12.1. The number of alkyl halides is 3. The molecule has 1 rings (SSSR count). The zero-order valence-electron chi connectivity index (χ0n) is 7.91. The smallest absolute Gasteiger partial charge is 0.379 e. The summed E-state index contributed by atoms with van der Waals surface area (Å²) in [4.78, 5) is 3.93. The number of nitrogens with zero attached hydrogens (tertiary/aromatic N) is 4. The van der Waals surface area contributed by atoms with Crippen LogP contribution in [0.2, 0.25) is 0 Å². The molecule has 0 amide bonds. The molecule has 1 atom stereocenters. The second-order valence-electron chi connectivity index (χ2n) is 3.51. The standard InChI is InChI=1S/C7H11F3N4O/c8-7(9,10)6(15)1-3-14(5-6)4-2-12-13-11/h15H,1-5H2/t6-/m0/s1. The molecule has 0 aromatic heterocycles. The van der Waals surface area contributed by atoms with Gasteiger partial charge in [0, 0.05) is 31.1 Å². The summed E-state index contributed by atoms with van der Waals surface area (Å²) in [6.45, 7) is 0.0707. The van der Waals surface area contributed by atoms with Crippen LogP contribution in [0.3, 0.4) is 0 Å². The Labute approximate surface area is 84.1 Å². The van der Waals surface area contributed by atoms with Crippen molar-refractivity contribution in [3.05, 3.63) is 10.4 Å². The van der Waals surface area contributed by atoms with Crippen molar-refractivity contribution < 1.29 is 18.3 Å². The lowest BCUT2D eigenvalue weighted by molar-refractivity contribution is -0.253. The van der Waals surface area contributed by atoms with E-state index in [4.69, 9.17) is 5.53 Å². The van der Waals surface area contributed by atoms with E-state index in [1.165, 1.54) is 4.90 Å². The number of likely N-dealkylation sites (tertiary alicyclic amines) is 1. The fourth-order valence-corrected chi connectivity index (χ4v) is 1.52. The third-order valence-corrected chi connectivity index (χ3v) is 2.43. The largest absolute Gasteiger partial charge is 0.418 e. The van der Waals surface area contributed by atoms with E-state index in [2.05, 4.69) is 10.0 Å². The highest BCUT2D eigenvalue weighted by atomic mass is 19.4. The summed E-state index contributed by atoms with van der Waals surface area (Å²) >= 11 is 0. The Morgan fingerprint density at radius 3 is 2.67 bits per heavy atom. The van der Waals surface area contributed by atoms with Crippen LogP contribution in [0, 0.1) is 0 Å². The molecule has 1 aliphatic heterocycles. The summed E-state index contributed by atoms with van der Waals surface area (Å²) in [5.74, 6) is 0. The molecular weight excluding hydrogens is 213 g/mol. The number of hydrogen-bond acceptors (Lipinski definition) is 3. The predicted octanol–water partition coefficient (Wildman–Crippen LogP) is 1.30. The maximum Gasteiger partial charge on any atom is 0.418 e. The molecule has 1 aliphatic rings. The summed E-state index contributed by atoms with van der Waals surface area (Å²) in [6.07, 6.45) is -4.92. The summed E-state index contributed by atoms with van der Waals surface area (Å²) in [5.41, 5.74) is 5.37. The van der Waals surface area contributed by atoms with Gasteiger partial charge >= 0.3 is 6.18 Å². The van der Waals surface area contributed by atoms with Gasteiger partial charge < -0.3 is 5.11 Å². The second kappa shape index (κ2) is 4.26. The van der Waals surface area contributed by atoms with E-state index >= 15 is 0 Å². The van der Waals surface area contributed by atoms with E-state index in [0.717, 1.165) is 0 Å². The second-order valence-corrected chi connectivity index (χ2v) is 3.51. The van der Waals surface area contributed by atoms with Crippen molar-refractivity contribution >= 4 is 0 Å². The molecule has 0 spiro atoms. The van der Waals surface area contributed by atoms with E-state index in [1.54, 1.807) is 0 Å². The third-order valence-electron chi connectivity index (χ3n) is 2.43. The van der Waals surface area contributed by atoms with Crippen molar-refractivity contribution in [1.29, 1.82) is 0 Å². The molecule has 8 heteroatoms. The van der Waals surface area contributed by atoms with Crippen molar-refractivity contribution in [1.82, 2.24) is 4.90 Å². The van der Waals surface area contributed by atoms with E-state index < -0.39 is 18.3 Å². The average Bonchev–Trinajstić information content (AvgIpc) is 2.48. The van der Waals surface area contributed by atoms with Crippen LogP contribution in [0.25, 0.3) is 10.4 Å². The van der Waals surface area contributed by atoms with Crippen LogP contribution in [0.5, 0.6) is 0 Å². The minimum atomic E-state index is -4.60.